The van der Waals surface area contributed by atoms with Crippen LogP contribution in [0.4, 0.5) is 0 Å². The first-order chi connectivity index (χ1) is 10.2. The summed E-state index contributed by atoms with van der Waals surface area (Å²) in [6.45, 7) is 4.37. The van der Waals surface area contributed by atoms with Crippen LogP contribution in [0.15, 0.2) is 17.8 Å². The topological polar surface area (TPSA) is 47.4 Å². The lowest BCUT2D eigenvalue weighted by Gasteiger charge is -2.34. The molecule has 1 amide bonds. The van der Waals surface area contributed by atoms with E-state index in [0.717, 1.165) is 50.2 Å². The van der Waals surface area contributed by atoms with E-state index in [0.29, 0.717) is 6.61 Å². The Morgan fingerprint density at radius 1 is 1.48 bits per heavy atom. The zero-order valence-electron chi connectivity index (χ0n) is 12.8. The van der Waals surface area contributed by atoms with Gasteiger partial charge in [0.1, 0.15) is 5.82 Å². The molecule has 114 valence electrons. The van der Waals surface area contributed by atoms with E-state index in [4.69, 9.17) is 4.74 Å². The lowest BCUT2D eigenvalue weighted by Crippen LogP contribution is -2.42. The third-order valence-electron chi connectivity index (χ3n) is 4.51. The summed E-state index contributed by atoms with van der Waals surface area (Å²) < 4.78 is 7.39. The Morgan fingerprint density at radius 3 is 3.05 bits per heavy atom. The normalized spacial score (nSPS) is 21.3. The highest BCUT2D eigenvalue weighted by molar-refractivity contribution is 5.94. The van der Waals surface area contributed by atoms with Crippen molar-refractivity contribution < 1.29 is 9.53 Å². The number of methoxy groups -OCH3 is 1. The van der Waals surface area contributed by atoms with Crippen molar-refractivity contribution in [2.45, 2.75) is 45.2 Å². The number of amides is 1. The average molecular weight is 289 g/mol. The summed E-state index contributed by atoms with van der Waals surface area (Å²) in [6, 6.07) is 0.0454. The Hall–Kier alpha value is -1.62. The molecule has 5 nitrogen and oxygen atoms in total. The summed E-state index contributed by atoms with van der Waals surface area (Å²) in [7, 11) is 1.71. The molecule has 0 spiro atoms. The number of carbonyl (C=O) groups is 1. The molecule has 0 aromatic carbocycles. The van der Waals surface area contributed by atoms with Gasteiger partial charge in [-0.05, 0) is 26.2 Å². The molecule has 2 heterocycles. The van der Waals surface area contributed by atoms with Crippen LogP contribution in [-0.4, -0.2) is 40.6 Å². The fourth-order valence-corrected chi connectivity index (χ4v) is 3.29. The summed E-state index contributed by atoms with van der Waals surface area (Å²) >= 11 is 0. The van der Waals surface area contributed by atoms with Crippen LogP contribution in [0, 0.1) is 0 Å². The van der Waals surface area contributed by atoms with Crippen LogP contribution < -0.4 is 0 Å². The zero-order chi connectivity index (χ0) is 14.8. The van der Waals surface area contributed by atoms with E-state index in [9.17, 15) is 4.79 Å². The van der Waals surface area contributed by atoms with Gasteiger partial charge in [0.2, 0.25) is 5.91 Å². The molecule has 2 aliphatic rings. The first-order valence-electron chi connectivity index (χ1n) is 7.75. The Bertz CT molecular complexity index is 562. The van der Waals surface area contributed by atoms with Crippen LogP contribution in [0.2, 0.25) is 0 Å². The number of hydrogen-bond acceptors (Lipinski definition) is 3. The highest BCUT2D eigenvalue weighted by atomic mass is 16.5. The molecule has 1 aliphatic heterocycles. The minimum Gasteiger partial charge on any atom is -0.384 e. The number of carbonyl (C=O) groups excluding carboxylic acids is 1. The van der Waals surface area contributed by atoms with Crippen molar-refractivity contribution in [1.29, 1.82) is 0 Å². The predicted molar refractivity (Wildman–Crippen MR) is 79.9 cm³/mol. The number of allylic oxidation sites excluding steroid dienone is 1. The number of rotatable bonds is 4. The van der Waals surface area contributed by atoms with Gasteiger partial charge in [-0.2, -0.15) is 0 Å². The number of ether oxygens (including phenoxy) is 1. The fourth-order valence-electron chi connectivity index (χ4n) is 3.29. The van der Waals surface area contributed by atoms with Crippen LogP contribution >= 0.6 is 0 Å². The number of aromatic nitrogens is 2. The minimum atomic E-state index is 0.0454. The van der Waals surface area contributed by atoms with E-state index in [1.54, 1.807) is 7.11 Å². The Morgan fingerprint density at radius 2 is 2.33 bits per heavy atom. The van der Waals surface area contributed by atoms with E-state index in [1.807, 2.05) is 11.1 Å². The second kappa shape index (κ2) is 6.02. The molecule has 0 saturated heterocycles. The lowest BCUT2D eigenvalue weighted by molar-refractivity contribution is -0.130. The second-order valence-corrected chi connectivity index (χ2v) is 5.80. The Balaban J connectivity index is 1.77. The molecule has 1 aromatic heterocycles. The molecule has 1 unspecified atom stereocenters. The molecule has 1 aliphatic carbocycles. The maximum Gasteiger partial charge on any atom is 0.250 e. The van der Waals surface area contributed by atoms with E-state index >= 15 is 0 Å². The van der Waals surface area contributed by atoms with Gasteiger partial charge in [0.05, 0.1) is 12.6 Å². The number of nitrogens with zero attached hydrogens (tertiary/aromatic N) is 3. The summed E-state index contributed by atoms with van der Waals surface area (Å²) in [5, 5.41) is 0. The van der Waals surface area contributed by atoms with Crippen molar-refractivity contribution in [1.82, 2.24) is 14.5 Å². The Labute approximate surface area is 125 Å². The smallest absolute Gasteiger partial charge is 0.250 e. The summed E-state index contributed by atoms with van der Waals surface area (Å²) in [4.78, 5) is 19.1. The first kappa shape index (κ1) is 14.3. The molecule has 0 saturated carbocycles. The monoisotopic (exact) mass is 289 g/mol. The zero-order valence-corrected chi connectivity index (χ0v) is 12.8. The highest BCUT2D eigenvalue weighted by Gasteiger charge is 2.31. The second-order valence-electron chi connectivity index (χ2n) is 5.80. The molecule has 0 bridgehead atoms. The highest BCUT2D eigenvalue weighted by Crippen LogP contribution is 2.29. The largest absolute Gasteiger partial charge is 0.384 e. The van der Waals surface area contributed by atoms with Crippen molar-refractivity contribution >= 4 is 5.91 Å². The molecule has 3 rings (SSSR count). The molecule has 0 N–H and O–H groups in total. The van der Waals surface area contributed by atoms with Gasteiger partial charge in [-0.15, -0.1) is 0 Å². The van der Waals surface area contributed by atoms with Crippen molar-refractivity contribution in [3.63, 3.8) is 0 Å². The van der Waals surface area contributed by atoms with Crippen LogP contribution in [0.3, 0.4) is 0 Å². The van der Waals surface area contributed by atoms with Crippen LogP contribution in [0.1, 0.15) is 43.7 Å². The van der Waals surface area contributed by atoms with Gasteiger partial charge < -0.3 is 14.2 Å². The van der Waals surface area contributed by atoms with E-state index in [-0.39, 0.29) is 11.9 Å². The molecule has 21 heavy (non-hydrogen) atoms. The number of imidazole rings is 1. The SMILES string of the molecule is COCCc1cnc2n1CCN(C(=O)C1=CCCC1)C2C. The van der Waals surface area contributed by atoms with Crippen molar-refractivity contribution in [2.75, 3.05) is 20.3 Å². The summed E-state index contributed by atoms with van der Waals surface area (Å²) in [6.07, 6.45) is 7.97. The van der Waals surface area contributed by atoms with E-state index in [2.05, 4.69) is 22.6 Å². The maximum atomic E-state index is 12.6. The number of fused-ring (bicyclic) bond motifs is 1. The lowest BCUT2D eigenvalue weighted by atomic mass is 10.1. The van der Waals surface area contributed by atoms with Crippen molar-refractivity contribution in [2.24, 2.45) is 0 Å². The molecular weight excluding hydrogens is 266 g/mol. The third kappa shape index (κ3) is 2.62. The average Bonchev–Trinajstić information content (AvgIpc) is 3.15. The maximum absolute atomic E-state index is 12.6. The van der Waals surface area contributed by atoms with Gasteiger partial charge in [0.25, 0.3) is 0 Å². The Kier molecular flexibility index (Phi) is 4.10. The van der Waals surface area contributed by atoms with E-state index < -0.39 is 0 Å². The fraction of sp³-hybridized carbons (Fsp3) is 0.625. The van der Waals surface area contributed by atoms with Crippen LogP contribution in [-0.2, 0) is 22.5 Å². The standard InChI is InChI=1S/C16H23N3O2/c1-12-15-17-11-14(7-10-21-2)19(15)9-8-18(12)16(20)13-5-3-4-6-13/h5,11-12H,3-4,6-10H2,1-2H3. The molecule has 0 radical (unpaired) electrons. The van der Waals surface area contributed by atoms with Gasteiger partial charge in [0.15, 0.2) is 0 Å². The van der Waals surface area contributed by atoms with Gasteiger partial charge in [-0.1, -0.05) is 6.08 Å². The minimum absolute atomic E-state index is 0.0454. The van der Waals surface area contributed by atoms with E-state index in [1.165, 1.54) is 5.69 Å². The first-order valence-corrected chi connectivity index (χ1v) is 7.75. The van der Waals surface area contributed by atoms with Gasteiger partial charge in [0, 0.05) is 44.1 Å². The molecular formula is C16H23N3O2. The quantitative estimate of drug-likeness (QED) is 0.852. The summed E-state index contributed by atoms with van der Waals surface area (Å²) in [5.74, 6) is 1.20. The molecule has 1 aromatic rings. The molecule has 5 heteroatoms. The number of hydrogen-bond donors (Lipinski definition) is 0. The van der Waals surface area contributed by atoms with Gasteiger partial charge in [-0.3, -0.25) is 4.79 Å². The predicted octanol–water partition coefficient (Wildman–Crippen LogP) is 2.09. The van der Waals surface area contributed by atoms with Gasteiger partial charge >= 0.3 is 0 Å². The third-order valence-corrected chi connectivity index (χ3v) is 4.51. The van der Waals surface area contributed by atoms with Crippen LogP contribution in [0.25, 0.3) is 0 Å². The van der Waals surface area contributed by atoms with Crippen molar-refractivity contribution in [3.05, 3.63) is 29.4 Å². The van der Waals surface area contributed by atoms with Gasteiger partial charge in [-0.25, -0.2) is 4.98 Å². The molecule has 0 fully saturated rings. The van der Waals surface area contributed by atoms with Crippen LogP contribution in [0.5, 0.6) is 0 Å². The summed E-state index contributed by atoms with van der Waals surface area (Å²) in [5.41, 5.74) is 2.19. The molecule has 1 atom stereocenters. The van der Waals surface area contributed by atoms with Crippen molar-refractivity contribution in [3.8, 4) is 0 Å².